The van der Waals surface area contributed by atoms with Gasteiger partial charge in [0, 0.05) is 30.7 Å². The Kier molecular flexibility index (Phi) is 5.56. The molecule has 0 aliphatic heterocycles. The number of nitrogens with zero attached hydrogens (tertiary/aromatic N) is 2. The molecular weight excluding hydrogens is 352 g/mol. The fourth-order valence-electron chi connectivity index (χ4n) is 2.28. The van der Waals surface area contributed by atoms with Gasteiger partial charge in [-0.3, -0.25) is 19.6 Å². The van der Waals surface area contributed by atoms with Crippen LogP contribution >= 0.6 is 11.6 Å². The van der Waals surface area contributed by atoms with Gasteiger partial charge in [0.2, 0.25) is 0 Å². The maximum atomic E-state index is 12.4. The van der Waals surface area contributed by atoms with Crippen LogP contribution < -0.4 is 10.6 Å². The van der Waals surface area contributed by atoms with E-state index in [1.54, 1.807) is 67.3 Å². The zero-order valence-corrected chi connectivity index (χ0v) is 14.4. The molecule has 0 unspecified atom stereocenters. The molecule has 130 valence electrons. The lowest BCUT2D eigenvalue weighted by molar-refractivity contribution is 0.0950. The highest BCUT2D eigenvalue weighted by molar-refractivity contribution is 6.34. The SMILES string of the molecule is O=C(NCc1ccc(Cl)c(C(=O)Nc2cccnc2)c1)c1ccncc1. The molecule has 0 atom stereocenters. The van der Waals surface area contributed by atoms with Crippen molar-refractivity contribution in [1.29, 1.82) is 0 Å². The van der Waals surface area contributed by atoms with Crippen LogP contribution in [0.3, 0.4) is 0 Å². The van der Waals surface area contributed by atoms with Crippen molar-refractivity contribution in [3.8, 4) is 0 Å². The number of rotatable bonds is 5. The van der Waals surface area contributed by atoms with Crippen molar-refractivity contribution < 1.29 is 9.59 Å². The summed E-state index contributed by atoms with van der Waals surface area (Å²) in [6.07, 6.45) is 6.27. The largest absolute Gasteiger partial charge is 0.348 e. The van der Waals surface area contributed by atoms with Gasteiger partial charge in [0.25, 0.3) is 11.8 Å². The molecule has 3 rings (SSSR count). The average molecular weight is 367 g/mol. The van der Waals surface area contributed by atoms with Gasteiger partial charge < -0.3 is 10.6 Å². The Balaban J connectivity index is 1.69. The lowest BCUT2D eigenvalue weighted by Crippen LogP contribution is -2.23. The van der Waals surface area contributed by atoms with E-state index in [0.717, 1.165) is 5.56 Å². The quantitative estimate of drug-likeness (QED) is 0.725. The molecule has 26 heavy (non-hydrogen) atoms. The summed E-state index contributed by atoms with van der Waals surface area (Å²) in [5.41, 5.74) is 2.17. The van der Waals surface area contributed by atoms with Gasteiger partial charge in [0.15, 0.2) is 0 Å². The normalized spacial score (nSPS) is 10.2. The van der Waals surface area contributed by atoms with Gasteiger partial charge in [0.05, 0.1) is 22.5 Å². The summed E-state index contributed by atoms with van der Waals surface area (Å²) in [6.45, 7) is 0.269. The summed E-state index contributed by atoms with van der Waals surface area (Å²) in [4.78, 5) is 32.3. The summed E-state index contributed by atoms with van der Waals surface area (Å²) >= 11 is 6.15. The number of anilines is 1. The standard InChI is InChI=1S/C19H15ClN4O2/c20-17-4-3-13(11-23-18(25)14-5-8-21-9-6-14)10-16(17)19(26)24-15-2-1-7-22-12-15/h1-10,12H,11H2,(H,23,25)(H,24,26). The fourth-order valence-corrected chi connectivity index (χ4v) is 2.48. The van der Waals surface area contributed by atoms with E-state index in [9.17, 15) is 9.59 Å². The van der Waals surface area contributed by atoms with E-state index in [1.807, 2.05) is 0 Å². The minimum Gasteiger partial charge on any atom is -0.348 e. The molecule has 2 amide bonds. The second-order valence-electron chi connectivity index (χ2n) is 5.43. The highest BCUT2D eigenvalue weighted by Crippen LogP contribution is 2.19. The Bertz CT molecular complexity index is 917. The van der Waals surface area contributed by atoms with Crippen molar-refractivity contribution in [2.75, 3.05) is 5.32 Å². The van der Waals surface area contributed by atoms with E-state index in [4.69, 9.17) is 11.6 Å². The van der Waals surface area contributed by atoms with Crippen molar-refractivity contribution in [3.63, 3.8) is 0 Å². The first kappa shape index (κ1) is 17.6. The van der Waals surface area contributed by atoms with Crippen molar-refractivity contribution >= 4 is 29.1 Å². The molecule has 6 nitrogen and oxygen atoms in total. The number of pyridine rings is 2. The molecule has 2 N–H and O–H groups in total. The van der Waals surface area contributed by atoms with Crippen molar-refractivity contribution in [2.45, 2.75) is 6.54 Å². The number of hydrogen-bond donors (Lipinski definition) is 2. The number of benzene rings is 1. The Morgan fingerprint density at radius 3 is 2.50 bits per heavy atom. The molecule has 2 heterocycles. The minimum absolute atomic E-state index is 0.219. The molecule has 0 fully saturated rings. The smallest absolute Gasteiger partial charge is 0.257 e. The van der Waals surface area contributed by atoms with Crippen LogP contribution in [0.25, 0.3) is 0 Å². The van der Waals surface area contributed by atoms with E-state index < -0.39 is 0 Å². The summed E-state index contributed by atoms with van der Waals surface area (Å²) in [7, 11) is 0. The van der Waals surface area contributed by atoms with Crippen molar-refractivity contribution in [2.24, 2.45) is 0 Å². The van der Waals surface area contributed by atoms with E-state index in [1.165, 1.54) is 0 Å². The number of hydrogen-bond acceptors (Lipinski definition) is 4. The molecule has 0 bridgehead atoms. The Hall–Kier alpha value is -3.25. The Labute approximate surface area is 155 Å². The van der Waals surface area contributed by atoms with E-state index in [-0.39, 0.29) is 18.4 Å². The van der Waals surface area contributed by atoms with Crippen LogP contribution in [0.4, 0.5) is 5.69 Å². The monoisotopic (exact) mass is 366 g/mol. The number of carbonyl (C=O) groups is 2. The number of aromatic nitrogens is 2. The molecule has 0 aliphatic carbocycles. The summed E-state index contributed by atoms with van der Waals surface area (Å²) in [5, 5.41) is 5.87. The van der Waals surface area contributed by atoms with Gasteiger partial charge in [-0.2, -0.15) is 0 Å². The minimum atomic E-state index is -0.342. The predicted octanol–water partition coefficient (Wildman–Crippen LogP) is 3.31. The summed E-state index contributed by atoms with van der Waals surface area (Å²) < 4.78 is 0. The lowest BCUT2D eigenvalue weighted by atomic mass is 10.1. The number of amides is 2. The third-order valence-corrected chi connectivity index (χ3v) is 3.92. The van der Waals surface area contributed by atoms with Crippen LogP contribution in [0.2, 0.25) is 5.02 Å². The molecule has 0 saturated heterocycles. The zero-order chi connectivity index (χ0) is 18.4. The van der Waals surface area contributed by atoms with E-state index >= 15 is 0 Å². The van der Waals surface area contributed by atoms with Gasteiger partial charge in [-0.05, 0) is 42.0 Å². The van der Waals surface area contributed by atoms with Crippen LogP contribution in [-0.2, 0) is 6.54 Å². The second-order valence-corrected chi connectivity index (χ2v) is 5.84. The van der Waals surface area contributed by atoms with Crippen LogP contribution in [0, 0.1) is 0 Å². The van der Waals surface area contributed by atoms with Gasteiger partial charge in [-0.15, -0.1) is 0 Å². The first-order valence-corrected chi connectivity index (χ1v) is 8.19. The molecule has 0 aliphatic rings. The van der Waals surface area contributed by atoms with Gasteiger partial charge in [-0.25, -0.2) is 0 Å². The van der Waals surface area contributed by atoms with Gasteiger partial charge in [0.1, 0.15) is 0 Å². The third kappa shape index (κ3) is 4.43. The fraction of sp³-hybridized carbons (Fsp3) is 0.0526. The van der Waals surface area contributed by atoms with Crippen LogP contribution in [0.15, 0.2) is 67.3 Å². The molecular formula is C19H15ClN4O2. The average Bonchev–Trinajstić information content (AvgIpc) is 2.68. The van der Waals surface area contributed by atoms with Crippen LogP contribution in [0.5, 0.6) is 0 Å². The zero-order valence-electron chi connectivity index (χ0n) is 13.6. The first-order chi connectivity index (χ1) is 12.6. The molecule has 1 aromatic carbocycles. The predicted molar refractivity (Wildman–Crippen MR) is 99.0 cm³/mol. The molecule has 0 saturated carbocycles. The van der Waals surface area contributed by atoms with E-state index in [0.29, 0.717) is 21.8 Å². The maximum Gasteiger partial charge on any atom is 0.257 e. The summed E-state index contributed by atoms with van der Waals surface area (Å²) in [6, 6.07) is 11.8. The van der Waals surface area contributed by atoms with Crippen molar-refractivity contribution in [1.82, 2.24) is 15.3 Å². The number of halogens is 1. The van der Waals surface area contributed by atoms with Crippen molar-refractivity contribution in [3.05, 3.63) is 89.0 Å². The molecule has 0 spiro atoms. The Morgan fingerprint density at radius 1 is 0.962 bits per heavy atom. The maximum absolute atomic E-state index is 12.4. The second kappa shape index (κ2) is 8.22. The van der Waals surface area contributed by atoms with E-state index in [2.05, 4.69) is 20.6 Å². The highest BCUT2D eigenvalue weighted by Gasteiger charge is 2.12. The molecule has 2 aromatic heterocycles. The molecule has 7 heteroatoms. The highest BCUT2D eigenvalue weighted by atomic mass is 35.5. The van der Waals surface area contributed by atoms with Crippen LogP contribution in [0.1, 0.15) is 26.3 Å². The number of carbonyl (C=O) groups excluding carboxylic acids is 2. The molecule has 3 aromatic rings. The third-order valence-electron chi connectivity index (χ3n) is 3.59. The van der Waals surface area contributed by atoms with Gasteiger partial charge >= 0.3 is 0 Å². The number of nitrogens with one attached hydrogen (secondary N) is 2. The lowest BCUT2D eigenvalue weighted by Gasteiger charge is -2.10. The first-order valence-electron chi connectivity index (χ1n) is 7.81. The van der Waals surface area contributed by atoms with Crippen LogP contribution in [-0.4, -0.2) is 21.8 Å². The van der Waals surface area contributed by atoms with Gasteiger partial charge in [-0.1, -0.05) is 17.7 Å². The summed E-state index contributed by atoms with van der Waals surface area (Å²) in [5.74, 6) is -0.561. The topological polar surface area (TPSA) is 84.0 Å². The Morgan fingerprint density at radius 2 is 1.77 bits per heavy atom. The molecule has 0 radical (unpaired) electrons.